The van der Waals surface area contributed by atoms with Crippen LogP contribution in [0.4, 0.5) is 0 Å². The minimum absolute atomic E-state index is 0.0895. The summed E-state index contributed by atoms with van der Waals surface area (Å²) in [5.41, 5.74) is 3.81. The van der Waals surface area contributed by atoms with Gasteiger partial charge in [-0.1, -0.05) is 6.07 Å². The van der Waals surface area contributed by atoms with Crippen LogP contribution in [0, 0.1) is 13.8 Å². The van der Waals surface area contributed by atoms with Crippen LogP contribution in [-0.4, -0.2) is 36.7 Å². The van der Waals surface area contributed by atoms with Crippen molar-refractivity contribution in [1.82, 2.24) is 24.2 Å². The number of rotatable bonds is 3. The van der Waals surface area contributed by atoms with Gasteiger partial charge in [-0.05, 0) is 44.9 Å². The molecule has 0 N–H and O–H groups in total. The monoisotopic (exact) mass is 349 g/mol. The van der Waals surface area contributed by atoms with Crippen LogP contribution in [0.2, 0.25) is 0 Å². The van der Waals surface area contributed by atoms with Gasteiger partial charge in [0.1, 0.15) is 5.82 Å². The van der Waals surface area contributed by atoms with Crippen LogP contribution >= 0.6 is 0 Å². The molecule has 4 rings (SSSR count). The molecule has 6 nitrogen and oxygen atoms in total. The van der Waals surface area contributed by atoms with Crippen LogP contribution in [0.5, 0.6) is 0 Å². The molecule has 0 aromatic carbocycles. The number of likely N-dealkylation sites (tertiary alicyclic amines) is 1. The first kappa shape index (κ1) is 16.6. The first-order valence-corrected chi connectivity index (χ1v) is 8.96. The summed E-state index contributed by atoms with van der Waals surface area (Å²) < 4.78 is 3.84. The summed E-state index contributed by atoms with van der Waals surface area (Å²) in [6, 6.07) is 7.90. The minimum atomic E-state index is 0.0895. The minimum Gasteiger partial charge on any atom is -0.331 e. The Morgan fingerprint density at radius 3 is 2.81 bits per heavy atom. The molecule has 6 heteroatoms. The number of carbonyl (C=O) groups is 1. The van der Waals surface area contributed by atoms with Gasteiger partial charge in [0.25, 0.3) is 5.91 Å². The molecule has 0 aliphatic carbocycles. The molecule has 1 fully saturated rings. The zero-order valence-corrected chi connectivity index (χ0v) is 15.4. The summed E-state index contributed by atoms with van der Waals surface area (Å²) in [4.78, 5) is 19.7. The summed E-state index contributed by atoms with van der Waals surface area (Å²) >= 11 is 0. The van der Waals surface area contributed by atoms with E-state index in [1.54, 1.807) is 10.9 Å². The van der Waals surface area contributed by atoms with Crippen LogP contribution in [0.1, 0.15) is 46.2 Å². The van der Waals surface area contributed by atoms with E-state index >= 15 is 0 Å². The Morgan fingerprint density at radius 2 is 2.12 bits per heavy atom. The maximum Gasteiger partial charge on any atom is 0.256 e. The summed E-state index contributed by atoms with van der Waals surface area (Å²) in [6.45, 7) is 4.79. The van der Waals surface area contributed by atoms with E-state index < -0.39 is 0 Å². The number of hydrogen-bond donors (Lipinski definition) is 0. The van der Waals surface area contributed by atoms with Crippen LogP contribution in [0.25, 0.3) is 5.82 Å². The molecule has 134 valence electrons. The van der Waals surface area contributed by atoms with Gasteiger partial charge in [0.05, 0.1) is 17.8 Å². The van der Waals surface area contributed by atoms with E-state index in [1.807, 2.05) is 67.0 Å². The second-order valence-corrected chi connectivity index (χ2v) is 6.91. The molecule has 1 aliphatic heterocycles. The third-order valence-corrected chi connectivity index (χ3v) is 5.16. The van der Waals surface area contributed by atoms with Gasteiger partial charge in [-0.15, -0.1) is 0 Å². The molecule has 1 saturated heterocycles. The van der Waals surface area contributed by atoms with Crippen LogP contribution in [0.15, 0.2) is 42.9 Å². The Kier molecular flexibility index (Phi) is 4.11. The number of carbonyl (C=O) groups excluding carboxylic acids is 1. The second kappa shape index (κ2) is 6.44. The predicted molar refractivity (Wildman–Crippen MR) is 99.3 cm³/mol. The standard InChI is InChI=1S/C20H23N5O/c1-14-11-17(15(2)25(14)19-8-4-5-9-21-19)20(26)24-10-6-7-18(24)16-12-22-23(3)13-16/h4-5,8-9,11-13,18H,6-7,10H2,1-3H3/t18-/m0/s1. The average Bonchev–Trinajstić information content (AvgIpc) is 3.34. The van der Waals surface area contributed by atoms with Gasteiger partial charge in [0, 0.05) is 42.9 Å². The van der Waals surface area contributed by atoms with E-state index in [9.17, 15) is 4.79 Å². The highest BCUT2D eigenvalue weighted by Crippen LogP contribution is 2.34. The highest BCUT2D eigenvalue weighted by atomic mass is 16.2. The highest BCUT2D eigenvalue weighted by molar-refractivity contribution is 5.96. The number of hydrogen-bond acceptors (Lipinski definition) is 3. The van der Waals surface area contributed by atoms with Crippen molar-refractivity contribution in [2.75, 3.05) is 6.54 Å². The van der Waals surface area contributed by atoms with Crippen molar-refractivity contribution in [3.05, 3.63) is 65.4 Å². The molecule has 3 aromatic heterocycles. The van der Waals surface area contributed by atoms with E-state index in [0.717, 1.165) is 47.7 Å². The Bertz CT molecular complexity index is 941. The van der Waals surface area contributed by atoms with Crippen molar-refractivity contribution >= 4 is 5.91 Å². The lowest BCUT2D eigenvalue weighted by Crippen LogP contribution is -2.30. The normalized spacial score (nSPS) is 17.0. The van der Waals surface area contributed by atoms with Gasteiger partial charge < -0.3 is 9.47 Å². The maximum atomic E-state index is 13.3. The topological polar surface area (TPSA) is 56.0 Å². The first-order chi connectivity index (χ1) is 12.6. The quantitative estimate of drug-likeness (QED) is 0.730. The summed E-state index contributed by atoms with van der Waals surface area (Å²) in [7, 11) is 1.91. The third-order valence-electron chi connectivity index (χ3n) is 5.16. The third kappa shape index (κ3) is 2.71. The molecule has 4 heterocycles. The SMILES string of the molecule is Cc1cc(C(=O)N2CCC[C@H]2c2cnn(C)c2)c(C)n1-c1ccccn1. The Hall–Kier alpha value is -2.89. The molecular weight excluding hydrogens is 326 g/mol. The van der Waals surface area contributed by atoms with Gasteiger partial charge in [0.15, 0.2) is 0 Å². The molecule has 0 unspecified atom stereocenters. The fourth-order valence-corrected chi connectivity index (χ4v) is 3.94. The van der Waals surface area contributed by atoms with E-state index in [2.05, 4.69) is 10.1 Å². The Balaban J connectivity index is 1.68. The van der Waals surface area contributed by atoms with E-state index in [1.165, 1.54) is 0 Å². The maximum absolute atomic E-state index is 13.3. The van der Waals surface area contributed by atoms with Gasteiger partial charge in [-0.2, -0.15) is 5.10 Å². The number of aryl methyl sites for hydroxylation is 2. The van der Waals surface area contributed by atoms with Gasteiger partial charge in [-0.25, -0.2) is 4.98 Å². The van der Waals surface area contributed by atoms with Crippen molar-refractivity contribution in [1.29, 1.82) is 0 Å². The zero-order chi connectivity index (χ0) is 18.3. The fourth-order valence-electron chi connectivity index (χ4n) is 3.94. The first-order valence-electron chi connectivity index (χ1n) is 8.96. The van der Waals surface area contributed by atoms with Crippen LogP contribution in [0.3, 0.4) is 0 Å². The van der Waals surface area contributed by atoms with Crippen LogP contribution in [-0.2, 0) is 7.05 Å². The van der Waals surface area contributed by atoms with Crippen molar-refractivity contribution < 1.29 is 4.79 Å². The number of nitrogens with zero attached hydrogens (tertiary/aromatic N) is 5. The van der Waals surface area contributed by atoms with E-state index in [-0.39, 0.29) is 11.9 Å². The van der Waals surface area contributed by atoms with Crippen molar-refractivity contribution in [2.24, 2.45) is 7.05 Å². The molecular formula is C20H23N5O. The molecule has 0 spiro atoms. The second-order valence-electron chi connectivity index (χ2n) is 6.91. The summed E-state index contributed by atoms with van der Waals surface area (Å²) in [5, 5.41) is 4.27. The fraction of sp³-hybridized carbons (Fsp3) is 0.350. The number of pyridine rings is 1. The molecule has 1 aliphatic rings. The Morgan fingerprint density at radius 1 is 1.27 bits per heavy atom. The van der Waals surface area contributed by atoms with Crippen molar-refractivity contribution in [3.63, 3.8) is 0 Å². The molecule has 3 aromatic rings. The lowest BCUT2D eigenvalue weighted by Gasteiger charge is -2.24. The molecule has 1 atom stereocenters. The van der Waals surface area contributed by atoms with E-state index in [0.29, 0.717) is 0 Å². The molecule has 0 saturated carbocycles. The molecule has 26 heavy (non-hydrogen) atoms. The van der Waals surface area contributed by atoms with E-state index in [4.69, 9.17) is 0 Å². The zero-order valence-electron chi connectivity index (χ0n) is 15.4. The van der Waals surface area contributed by atoms with Gasteiger partial charge in [0.2, 0.25) is 0 Å². The molecule has 0 bridgehead atoms. The average molecular weight is 349 g/mol. The molecule has 0 radical (unpaired) electrons. The van der Waals surface area contributed by atoms with Crippen molar-refractivity contribution in [3.8, 4) is 5.82 Å². The smallest absolute Gasteiger partial charge is 0.256 e. The van der Waals surface area contributed by atoms with Gasteiger partial charge >= 0.3 is 0 Å². The number of aromatic nitrogens is 4. The van der Waals surface area contributed by atoms with Gasteiger partial charge in [-0.3, -0.25) is 9.48 Å². The summed E-state index contributed by atoms with van der Waals surface area (Å²) in [6.07, 6.45) is 7.65. The lowest BCUT2D eigenvalue weighted by atomic mass is 10.1. The highest BCUT2D eigenvalue weighted by Gasteiger charge is 2.33. The Labute approximate surface area is 153 Å². The predicted octanol–water partition coefficient (Wildman–Crippen LogP) is 3.20. The lowest BCUT2D eigenvalue weighted by molar-refractivity contribution is 0.0735. The van der Waals surface area contributed by atoms with Crippen molar-refractivity contribution in [2.45, 2.75) is 32.7 Å². The molecule has 1 amide bonds. The summed E-state index contributed by atoms with van der Waals surface area (Å²) in [5.74, 6) is 0.929. The number of amides is 1. The van der Waals surface area contributed by atoms with Crippen LogP contribution < -0.4 is 0 Å². The largest absolute Gasteiger partial charge is 0.331 e.